The Morgan fingerprint density at radius 3 is 2.65 bits per heavy atom. The molecule has 0 saturated carbocycles. The van der Waals surface area contributed by atoms with Crippen LogP contribution in [0.5, 0.6) is 5.75 Å². The van der Waals surface area contributed by atoms with E-state index in [4.69, 9.17) is 4.74 Å². The average molecular weight is 301 g/mol. The maximum absolute atomic E-state index is 11.5. The van der Waals surface area contributed by atoms with Gasteiger partial charge in [-0.25, -0.2) is 4.79 Å². The molecule has 17 heavy (non-hydrogen) atoms. The third-order valence-corrected chi connectivity index (χ3v) is 3.33. The Bertz CT molecular complexity index is 442. The van der Waals surface area contributed by atoms with Crippen molar-refractivity contribution in [1.29, 1.82) is 0 Å². The van der Waals surface area contributed by atoms with Crippen LogP contribution in [0, 0.1) is 0 Å². The quantitative estimate of drug-likeness (QED) is 0.686. The molecule has 1 N–H and O–H groups in total. The van der Waals surface area contributed by atoms with Crippen LogP contribution < -0.4 is 0 Å². The van der Waals surface area contributed by atoms with E-state index < -0.39 is 10.8 Å². The minimum Gasteiger partial charge on any atom is -0.507 e. The summed E-state index contributed by atoms with van der Waals surface area (Å²) in [7, 11) is 0. The Morgan fingerprint density at radius 1 is 1.47 bits per heavy atom. The zero-order valence-electron chi connectivity index (χ0n) is 9.57. The topological polar surface area (TPSA) is 63.6 Å². The number of Topliss-reactive ketones (excluding diaryl/α,β-unsaturated/α-hetero) is 1. The molecule has 0 fully saturated rings. The van der Waals surface area contributed by atoms with E-state index >= 15 is 0 Å². The number of para-hydroxylation sites is 1. The Labute approximate surface area is 108 Å². The first-order valence-corrected chi connectivity index (χ1v) is 6.04. The number of ketones is 1. The molecule has 0 radical (unpaired) electrons. The fourth-order valence-electron chi connectivity index (χ4n) is 1.36. The van der Waals surface area contributed by atoms with Gasteiger partial charge in [0.05, 0.1) is 6.61 Å². The second-order valence-corrected chi connectivity index (χ2v) is 4.35. The van der Waals surface area contributed by atoms with Crippen LogP contribution in [0.2, 0.25) is 0 Å². The Balaban J connectivity index is 3.15. The number of aromatic hydroxyl groups is 1. The molecule has 0 saturated heterocycles. The van der Waals surface area contributed by atoms with Crippen LogP contribution in [0.4, 0.5) is 0 Å². The lowest BCUT2D eigenvalue weighted by Gasteiger charge is -2.11. The maximum atomic E-state index is 11.5. The van der Waals surface area contributed by atoms with Crippen molar-refractivity contribution in [2.24, 2.45) is 0 Å². The van der Waals surface area contributed by atoms with Crippen LogP contribution in [0.25, 0.3) is 0 Å². The van der Waals surface area contributed by atoms with Gasteiger partial charge in [-0.2, -0.15) is 0 Å². The molecule has 0 heterocycles. The molecule has 0 aromatic heterocycles. The summed E-state index contributed by atoms with van der Waals surface area (Å²) in [6.45, 7) is 3.31. The molecular formula is C12H13BrO4. The third-order valence-electron chi connectivity index (χ3n) is 2.19. The van der Waals surface area contributed by atoms with Crippen molar-refractivity contribution in [2.45, 2.75) is 18.7 Å². The number of benzene rings is 1. The number of esters is 1. The molecule has 0 bridgehead atoms. The Morgan fingerprint density at radius 2 is 2.12 bits per heavy atom. The molecule has 1 aromatic rings. The van der Waals surface area contributed by atoms with Crippen molar-refractivity contribution < 1.29 is 19.4 Å². The van der Waals surface area contributed by atoms with E-state index in [0.29, 0.717) is 5.56 Å². The molecule has 0 spiro atoms. The number of hydrogen-bond acceptors (Lipinski definition) is 4. The lowest BCUT2D eigenvalue weighted by atomic mass is 10.0. The van der Waals surface area contributed by atoms with Crippen LogP contribution in [0.15, 0.2) is 18.2 Å². The van der Waals surface area contributed by atoms with Crippen LogP contribution in [-0.4, -0.2) is 23.5 Å². The van der Waals surface area contributed by atoms with E-state index in [9.17, 15) is 14.7 Å². The summed E-state index contributed by atoms with van der Waals surface area (Å²) in [5.74, 6) is -0.973. The molecule has 0 aliphatic carbocycles. The standard InChI is InChI=1S/C12H13BrO4/c1-3-17-12(16)9-6-4-5-8(11(9)15)10(13)7(2)14/h4-6,10,15H,3H2,1-2H3. The maximum Gasteiger partial charge on any atom is 0.341 e. The monoisotopic (exact) mass is 300 g/mol. The van der Waals surface area contributed by atoms with E-state index in [1.54, 1.807) is 19.1 Å². The second-order valence-electron chi connectivity index (χ2n) is 3.44. The van der Waals surface area contributed by atoms with E-state index in [1.165, 1.54) is 13.0 Å². The average Bonchev–Trinajstić information content (AvgIpc) is 2.28. The van der Waals surface area contributed by atoms with Crippen LogP contribution >= 0.6 is 15.9 Å². The molecule has 0 amide bonds. The van der Waals surface area contributed by atoms with Crippen molar-refractivity contribution >= 4 is 27.7 Å². The summed E-state index contributed by atoms with van der Waals surface area (Å²) < 4.78 is 4.80. The predicted molar refractivity (Wildman–Crippen MR) is 66.4 cm³/mol. The minimum absolute atomic E-state index is 0.0649. The van der Waals surface area contributed by atoms with Crippen molar-refractivity contribution in [3.63, 3.8) is 0 Å². The zero-order valence-corrected chi connectivity index (χ0v) is 11.2. The first-order chi connectivity index (χ1) is 7.99. The van der Waals surface area contributed by atoms with Crippen molar-refractivity contribution in [2.75, 3.05) is 6.61 Å². The molecule has 1 unspecified atom stereocenters. The highest BCUT2D eigenvalue weighted by molar-refractivity contribution is 9.09. The fourth-order valence-corrected chi connectivity index (χ4v) is 1.73. The number of rotatable bonds is 4. The highest BCUT2D eigenvalue weighted by Crippen LogP contribution is 2.33. The lowest BCUT2D eigenvalue weighted by molar-refractivity contribution is -0.116. The number of phenolic OH excluding ortho intramolecular Hbond substituents is 1. The third kappa shape index (κ3) is 3.06. The molecule has 1 rings (SSSR count). The van der Waals surface area contributed by atoms with Gasteiger partial charge in [0.25, 0.3) is 0 Å². The van der Waals surface area contributed by atoms with E-state index in [2.05, 4.69) is 15.9 Å². The first kappa shape index (κ1) is 13.7. The number of hydrogen-bond donors (Lipinski definition) is 1. The normalized spacial score (nSPS) is 11.9. The molecule has 0 aliphatic rings. The molecule has 1 aromatic carbocycles. The minimum atomic E-state index is -0.628. The van der Waals surface area contributed by atoms with Gasteiger partial charge in [0.1, 0.15) is 21.9 Å². The van der Waals surface area contributed by atoms with Crippen LogP contribution in [-0.2, 0) is 9.53 Å². The summed E-state index contributed by atoms with van der Waals surface area (Å²) in [6.07, 6.45) is 0. The number of carbonyl (C=O) groups excluding carboxylic acids is 2. The fraction of sp³-hybridized carbons (Fsp3) is 0.333. The smallest absolute Gasteiger partial charge is 0.341 e. The van der Waals surface area contributed by atoms with E-state index in [-0.39, 0.29) is 23.7 Å². The van der Waals surface area contributed by atoms with Gasteiger partial charge in [-0.15, -0.1) is 0 Å². The highest BCUT2D eigenvalue weighted by atomic mass is 79.9. The molecule has 5 heteroatoms. The highest BCUT2D eigenvalue weighted by Gasteiger charge is 2.21. The summed E-state index contributed by atoms with van der Waals surface area (Å²) in [5.41, 5.74) is 0.429. The zero-order chi connectivity index (χ0) is 13.0. The number of ether oxygens (including phenoxy) is 1. The Kier molecular flexibility index (Phi) is 4.69. The largest absolute Gasteiger partial charge is 0.507 e. The number of alkyl halides is 1. The lowest BCUT2D eigenvalue weighted by Crippen LogP contribution is -2.08. The van der Waals surface area contributed by atoms with Crippen molar-refractivity contribution in [3.8, 4) is 5.75 Å². The second kappa shape index (κ2) is 5.82. The van der Waals surface area contributed by atoms with E-state index in [1.807, 2.05) is 0 Å². The van der Waals surface area contributed by atoms with Crippen LogP contribution in [0.1, 0.15) is 34.6 Å². The molecule has 0 aliphatic heterocycles. The van der Waals surface area contributed by atoms with Gasteiger partial charge in [0, 0.05) is 5.56 Å². The van der Waals surface area contributed by atoms with Gasteiger partial charge in [-0.3, -0.25) is 4.79 Å². The van der Waals surface area contributed by atoms with Crippen molar-refractivity contribution in [3.05, 3.63) is 29.3 Å². The molecule has 4 nitrogen and oxygen atoms in total. The number of halogens is 1. The molecule has 1 atom stereocenters. The summed E-state index contributed by atoms with van der Waals surface area (Å²) in [6, 6.07) is 4.63. The predicted octanol–water partition coefficient (Wildman–Crippen LogP) is 2.59. The number of carbonyl (C=O) groups is 2. The first-order valence-electron chi connectivity index (χ1n) is 5.12. The van der Waals surface area contributed by atoms with Gasteiger partial charge >= 0.3 is 5.97 Å². The SMILES string of the molecule is CCOC(=O)c1cccc(C(Br)C(C)=O)c1O. The van der Waals surface area contributed by atoms with Crippen molar-refractivity contribution in [1.82, 2.24) is 0 Å². The number of phenols is 1. The molecule has 92 valence electrons. The Hall–Kier alpha value is -1.36. The van der Waals surface area contributed by atoms with Gasteiger partial charge in [-0.1, -0.05) is 28.1 Å². The van der Waals surface area contributed by atoms with Crippen LogP contribution in [0.3, 0.4) is 0 Å². The van der Waals surface area contributed by atoms with Gasteiger partial charge in [0.15, 0.2) is 0 Å². The van der Waals surface area contributed by atoms with Gasteiger partial charge < -0.3 is 9.84 Å². The van der Waals surface area contributed by atoms with Gasteiger partial charge in [-0.05, 0) is 19.9 Å². The van der Waals surface area contributed by atoms with Gasteiger partial charge in [0.2, 0.25) is 0 Å². The van der Waals surface area contributed by atoms with E-state index in [0.717, 1.165) is 0 Å². The summed E-state index contributed by atoms with van der Waals surface area (Å²) in [4.78, 5) is 22.1. The molecular weight excluding hydrogens is 288 g/mol. The summed E-state index contributed by atoms with van der Waals surface area (Å²) in [5, 5.41) is 9.92. The summed E-state index contributed by atoms with van der Waals surface area (Å²) >= 11 is 3.16.